The van der Waals surface area contributed by atoms with Gasteiger partial charge in [-0.3, -0.25) is 0 Å². The quantitative estimate of drug-likeness (QED) is 0.944. The van der Waals surface area contributed by atoms with Crippen molar-refractivity contribution in [3.63, 3.8) is 0 Å². The van der Waals surface area contributed by atoms with E-state index in [-0.39, 0.29) is 0 Å². The minimum Gasteiger partial charge on any atom is -0.316 e. The number of nitrogens with zero attached hydrogens (tertiary/aromatic N) is 3. The SMILES string of the molecule is CCCc1nn2c(C3CCCNC3)ccnc2c1Br. The summed E-state index contributed by atoms with van der Waals surface area (Å²) >= 11 is 3.65. The molecule has 3 rings (SSSR count). The Kier molecular flexibility index (Phi) is 3.84. The third kappa shape index (κ3) is 2.41. The molecule has 2 aromatic rings. The van der Waals surface area contributed by atoms with Crippen LogP contribution in [-0.2, 0) is 6.42 Å². The number of halogens is 1. The number of hydrogen-bond acceptors (Lipinski definition) is 3. The lowest BCUT2D eigenvalue weighted by molar-refractivity contribution is 0.448. The highest BCUT2D eigenvalue weighted by Gasteiger charge is 2.20. The number of hydrogen-bond donors (Lipinski definition) is 1. The fraction of sp³-hybridized carbons (Fsp3) is 0.571. The van der Waals surface area contributed by atoms with Crippen LogP contribution in [0.15, 0.2) is 16.7 Å². The highest BCUT2D eigenvalue weighted by atomic mass is 79.9. The summed E-state index contributed by atoms with van der Waals surface area (Å²) in [7, 11) is 0. The first-order valence-electron chi connectivity index (χ1n) is 7.04. The van der Waals surface area contributed by atoms with E-state index in [1.54, 1.807) is 0 Å². The third-order valence-corrected chi connectivity index (χ3v) is 4.57. The molecule has 5 heteroatoms. The molecule has 19 heavy (non-hydrogen) atoms. The zero-order valence-electron chi connectivity index (χ0n) is 11.2. The van der Waals surface area contributed by atoms with Gasteiger partial charge in [-0.05, 0) is 47.8 Å². The van der Waals surface area contributed by atoms with Crippen LogP contribution in [0.2, 0.25) is 0 Å². The molecule has 1 atom stereocenters. The van der Waals surface area contributed by atoms with Crippen molar-refractivity contribution in [3.8, 4) is 0 Å². The number of rotatable bonds is 3. The second-order valence-corrected chi connectivity index (χ2v) is 5.95. The van der Waals surface area contributed by atoms with E-state index < -0.39 is 0 Å². The molecule has 1 aliphatic heterocycles. The number of fused-ring (bicyclic) bond motifs is 1. The van der Waals surface area contributed by atoms with E-state index in [1.165, 1.54) is 18.5 Å². The Morgan fingerprint density at radius 1 is 1.53 bits per heavy atom. The van der Waals surface area contributed by atoms with Gasteiger partial charge < -0.3 is 5.32 Å². The lowest BCUT2D eigenvalue weighted by atomic mass is 9.96. The molecule has 1 fully saturated rings. The highest BCUT2D eigenvalue weighted by Crippen LogP contribution is 2.27. The first-order valence-corrected chi connectivity index (χ1v) is 7.83. The van der Waals surface area contributed by atoms with E-state index in [0.717, 1.165) is 41.7 Å². The summed E-state index contributed by atoms with van der Waals surface area (Å²) in [6.07, 6.45) is 6.46. The predicted molar refractivity (Wildman–Crippen MR) is 79.5 cm³/mol. The number of piperidine rings is 1. The molecule has 1 unspecified atom stereocenters. The van der Waals surface area contributed by atoms with Crippen LogP contribution in [0.1, 0.15) is 43.5 Å². The van der Waals surface area contributed by atoms with Crippen molar-refractivity contribution < 1.29 is 0 Å². The molecule has 0 radical (unpaired) electrons. The largest absolute Gasteiger partial charge is 0.316 e. The van der Waals surface area contributed by atoms with Gasteiger partial charge in [-0.25, -0.2) is 9.50 Å². The van der Waals surface area contributed by atoms with E-state index >= 15 is 0 Å². The number of aryl methyl sites for hydroxylation is 1. The van der Waals surface area contributed by atoms with Crippen LogP contribution in [0.4, 0.5) is 0 Å². The Morgan fingerprint density at radius 3 is 3.16 bits per heavy atom. The fourth-order valence-corrected chi connectivity index (χ4v) is 3.34. The Morgan fingerprint density at radius 2 is 2.42 bits per heavy atom. The predicted octanol–water partition coefficient (Wildman–Crippen LogP) is 2.91. The molecule has 0 aliphatic carbocycles. The molecule has 0 spiro atoms. The summed E-state index contributed by atoms with van der Waals surface area (Å²) in [5, 5.41) is 8.23. The van der Waals surface area contributed by atoms with Gasteiger partial charge in [0.1, 0.15) is 0 Å². The van der Waals surface area contributed by atoms with Gasteiger partial charge in [-0.2, -0.15) is 5.10 Å². The molecular weight excluding hydrogens is 304 g/mol. The van der Waals surface area contributed by atoms with Crippen LogP contribution in [0.5, 0.6) is 0 Å². The van der Waals surface area contributed by atoms with E-state index in [2.05, 4.69) is 39.2 Å². The Hall–Kier alpha value is -0.940. The molecule has 0 amide bonds. The van der Waals surface area contributed by atoms with Gasteiger partial charge in [-0.1, -0.05) is 13.3 Å². The van der Waals surface area contributed by atoms with Crippen LogP contribution in [0.3, 0.4) is 0 Å². The molecular formula is C14H19BrN4. The van der Waals surface area contributed by atoms with Crippen LogP contribution in [-0.4, -0.2) is 27.7 Å². The van der Waals surface area contributed by atoms with Crippen molar-refractivity contribution in [2.24, 2.45) is 0 Å². The monoisotopic (exact) mass is 322 g/mol. The van der Waals surface area contributed by atoms with Crippen LogP contribution in [0, 0.1) is 0 Å². The average molecular weight is 323 g/mol. The second kappa shape index (κ2) is 5.59. The normalized spacial score (nSPS) is 20.0. The molecule has 4 nitrogen and oxygen atoms in total. The van der Waals surface area contributed by atoms with E-state index in [4.69, 9.17) is 5.10 Å². The number of nitrogens with one attached hydrogen (secondary N) is 1. The molecule has 2 aromatic heterocycles. The van der Waals surface area contributed by atoms with E-state index in [9.17, 15) is 0 Å². The topological polar surface area (TPSA) is 42.2 Å². The maximum Gasteiger partial charge on any atom is 0.169 e. The lowest BCUT2D eigenvalue weighted by Crippen LogP contribution is -2.29. The minimum atomic E-state index is 0.542. The molecule has 1 saturated heterocycles. The van der Waals surface area contributed by atoms with Gasteiger partial charge in [0, 0.05) is 18.7 Å². The Bertz CT molecular complexity index is 572. The zero-order valence-corrected chi connectivity index (χ0v) is 12.8. The fourth-order valence-electron chi connectivity index (χ4n) is 2.79. The van der Waals surface area contributed by atoms with Gasteiger partial charge in [0.25, 0.3) is 0 Å². The molecule has 0 saturated carbocycles. The Labute approximate surface area is 121 Å². The zero-order chi connectivity index (χ0) is 13.2. The molecule has 102 valence electrons. The van der Waals surface area contributed by atoms with Crippen molar-refractivity contribution in [1.82, 2.24) is 19.9 Å². The number of aromatic nitrogens is 3. The molecule has 0 aromatic carbocycles. The van der Waals surface area contributed by atoms with Gasteiger partial charge in [-0.15, -0.1) is 0 Å². The van der Waals surface area contributed by atoms with Crippen LogP contribution in [0.25, 0.3) is 5.65 Å². The summed E-state index contributed by atoms with van der Waals surface area (Å²) in [4.78, 5) is 4.47. The van der Waals surface area contributed by atoms with Gasteiger partial charge in [0.2, 0.25) is 0 Å². The first-order chi connectivity index (χ1) is 9.31. The maximum atomic E-state index is 4.76. The average Bonchev–Trinajstić information content (AvgIpc) is 2.77. The summed E-state index contributed by atoms with van der Waals surface area (Å²) in [5.41, 5.74) is 3.35. The first kappa shape index (κ1) is 13.1. The second-order valence-electron chi connectivity index (χ2n) is 5.16. The molecule has 1 N–H and O–H groups in total. The van der Waals surface area contributed by atoms with Crippen molar-refractivity contribution in [3.05, 3.63) is 28.1 Å². The summed E-state index contributed by atoms with van der Waals surface area (Å²) in [6.45, 7) is 4.35. The Balaban J connectivity index is 2.06. The van der Waals surface area contributed by atoms with Crippen molar-refractivity contribution in [2.75, 3.05) is 13.1 Å². The van der Waals surface area contributed by atoms with Crippen LogP contribution < -0.4 is 5.32 Å². The minimum absolute atomic E-state index is 0.542. The molecule has 1 aliphatic rings. The van der Waals surface area contributed by atoms with Crippen molar-refractivity contribution in [1.29, 1.82) is 0 Å². The molecule has 0 bridgehead atoms. The lowest BCUT2D eigenvalue weighted by Gasteiger charge is -2.23. The van der Waals surface area contributed by atoms with Crippen LogP contribution >= 0.6 is 15.9 Å². The maximum absolute atomic E-state index is 4.76. The smallest absolute Gasteiger partial charge is 0.169 e. The summed E-state index contributed by atoms with van der Waals surface area (Å²) < 4.78 is 3.09. The van der Waals surface area contributed by atoms with Crippen molar-refractivity contribution in [2.45, 2.75) is 38.5 Å². The van der Waals surface area contributed by atoms with E-state index in [1.807, 2.05) is 10.7 Å². The third-order valence-electron chi connectivity index (χ3n) is 3.76. The van der Waals surface area contributed by atoms with E-state index in [0.29, 0.717) is 5.92 Å². The standard InChI is InChI=1S/C14H19BrN4/c1-2-4-11-13(15)14-17-8-6-12(19(14)18-11)10-5-3-7-16-9-10/h6,8,10,16H,2-5,7,9H2,1H3. The molecule has 3 heterocycles. The highest BCUT2D eigenvalue weighted by molar-refractivity contribution is 9.10. The van der Waals surface area contributed by atoms with Crippen molar-refractivity contribution >= 4 is 21.6 Å². The van der Waals surface area contributed by atoms with Gasteiger partial charge in [0.05, 0.1) is 15.9 Å². The summed E-state index contributed by atoms with van der Waals surface area (Å²) in [5.74, 6) is 0.542. The van der Waals surface area contributed by atoms with Gasteiger partial charge >= 0.3 is 0 Å². The summed E-state index contributed by atoms with van der Waals surface area (Å²) in [6, 6.07) is 2.11. The van der Waals surface area contributed by atoms with Gasteiger partial charge in [0.15, 0.2) is 5.65 Å².